The van der Waals surface area contributed by atoms with Crippen LogP contribution in [0.5, 0.6) is 0 Å². The molecule has 0 radical (unpaired) electrons. The Morgan fingerprint density at radius 2 is 0.433 bits per heavy atom. The molecule has 0 heterocycles. The topological polar surface area (TPSA) is 0 Å². The van der Waals surface area contributed by atoms with Gasteiger partial charge in [0, 0.05) is 5.92 Å². The summed E-state index contributed by atoms with van der Waals surface area (Å²) < 4.78 is 0. The van der Waals surface area contributed by atoms with E-state index in [0.29, 0.717) is 0 Å². The number of aryl methyl sites for hydroxylation is 1. The Morgan fingerprint density at radius 3 is 0.672 bits per heavy atom. The first-order valence-corrected chi connectivity index (χ1v) is 25.2. The van der Waals surface area contributed by atoms with Gasteiger partial charge in [-0.2, -0.15) is 0 Å². The van der Waals surface area contributed by atoms with Gasteiger partial charge in [0.15, 0.2) is 0 Å². The van der Waals surface area contributed by atoms with Crippen molar-refractivity contribution in [2.45, 2.75) is 18.3 Å². The highest BCUT2D eigenvalue weighted by molar-refractivity contribution is 6.82. The van der Waals surface area contributed by atoms with Gasteiger partial charge < -0.3 is 0 Å². The van der Waals surface area contributed by atoms with Crippen LogP contribution in [-0.2, 0) is 5.41 Å². The highest BCUT2D eigenvalue weighted by atomic mass is 14.6. The third-order valence-electron chi connectivity index (χ3n) is 24.6. The molecule has 4 aliphatic carbocycles. The Bertz CT molecular complexity index is 7030. The highest BCUT2D eigenvalue weighted by Gasteiger charge is 2.63. The molecule has 0 bridgehead atoms. The van der Waals surface area contributed by atoms with Crippen LogP contribution < -0.4 is 0 Å². The molecule has 276 valence electrons. The molecule has 0 N–H and O–H groups in total. The summed E-state index contributed by atoms with van der Waals surface area (Å²) in [5.41, 5.74) is 9.61. The fourth-order valence-corrected chi connectivity index (χ4v) is 24.5. The maximum atomic E-state index is 2.69. The minimum atomic E-state index is -0.308. The second-order valence-electron chi connectivity index (χ2n) is 24.9. The number of hydrogen-bond donors (Lipinski definition) is 0. The average molecular weight is 813 g/mol. The van der Waals surface area contributed by atoms with Crippen molar-refractivity contribution in [3.63, 3.8) is 0 Å². The molecule has 0 aromatic heterocycles. The molecule has 0 saturated heterocycles. The van der Waals surface area contributed by atoms with Crippen LogP contribution in [0, 0.1) is 6.92 Å². The largest absolute Gasteiger partial charge is 0.0617 e. The van der Waals surface area contributed by atoms with Gasteiger partial charge in [-0.3, -0.25) is 0 Å². The molecule has 0 fully saturated rings. The summed E-state index contributed by atoms with van der Waals surface area (Å²) in [5, 5.41) is 90.2. The quantitative estimate of drug-likeness (QED) is 0.145. The second-order valence-corrected chi connectivity index (χ2v) is 24.9. The van der Waals surface area contributed by atoms with Gasteiger partial charge >= 0.3 is 0 Å². The van der Waals surface area contributed by atoms with E-state index in [1.807, 2.05) is 0 Å². The number of benzene rings is 19. The Labute approximate surface area is 364 Å². The first kappa shape index (κ1) is 24.3. The smallest absolute Gasteiger partial charge is 0.0586 e. The third-order valence-corrected chi connectivity index (χ3v) is 24.6. The number of rotatable bonds is 1. The molecule has 0 unspecified atom stereocenters. The van der Waals surface area contributed by atoms with Crippen molar-refractivity contribution in [3.8, 4) is 0 Å². The lowest BCUT2D eigenvalue weighted by Gasteiger charge is -2.46. The Hall–Kier alpha value is -8.32. The van der Waals surface area contributed by atoms with Crippen molar-refractivity contribution in [2.75, 3.05) is 0 Å². The molecule has 67 heavy (non-hydrogen) atoms. The van der Waals surface area contributed by atoms with Gasteiger partial charge in [0.25, 0.3) is 0 Å². The molecule has 0 aliphatic heterocycles. The normalized spacial score (nSPS) is 21.1. The van der Waals surface area contributed by atoms with Crippen LogP contribution in [0.1, 0.15) is 39.3 Å². The molecule has 0 heteroatoms. The average Bonchev–Trinajstić information content (AvgIpc) is 4.19. The lowest BCUT2D eigenvalue weighted by atomic mass is 9.54. The summed E-state index contributed by atoms with van der Waals surface area (Å²) in [5.74, 6) is 0.250. The van der Waals surface area contributed by atoms with Crippen LogP contribution >= 0.6 is 0 Å². The first-order chi connectivity index (χ1) is 33.4. The third kappa shape index (κ3) is 1.28. The van der Waals surface area contributed by atoms with Crippen molar-refractivity contribution in [2.24, 2.45) is 0 Å². The van der Waals surface area contributed by atoms with E-state index < -0.39 is 0 Å². The Kier molecular flexibility index (Phi) is 1.97. The standard InChI is InChI=1S/C67H8/c1-6-3-2-4-7(5-6)67-64-60-54-40-32-24-12-9-8-10-13(12)25-27-23-17(10)19-15-11(8)14-18-16(9)22-26(24)38(40)46-44-30(22)28(18)36-34-20(14)21(15)35-37-29(19)31(23)45-47-39(27)41(33(25)32)55(54)61(64)57(47)59-51(45)49(37)53-43(35)42(34)52-48(36)50(44)58(56(46)60)65(67)62(52)63(53)66(59)67/h2-5,64H,1H3. The van der Waals surface area contributed by atoms with Gasteiger partial charge in [-0.15, -0.1) is 0 Å². The minimum absolute atomic E-state index is 0.250. The van der Waals surface area contributed by atoms with Crippen LogP contribution in [0.25, 0.3) is 291 Å². The Balaban J connectivity index is 1.24. The summed E-state index contributed by atoms with van der Waals surface area (Å²) >= 11 is 0. The van der Waals surface area contributed by atoms with Gasteiger partial charge in [0.05, 0.1) is 5.41 Å². The summed E-state index contributed by atoms with van der Waals surface area (Å²) in [6.45, 7) is 2.38. The SMILES string of the molecule is Cc1cccc(C23c4c5c6c7c8c9c(c%10c%11c2c2c4c4c%12c5c5c6c6c8c8c%13c9c9c%10c%10c%11c%11c2c2c4c4c%12c%12c5c5c6c8c6c8c%13c9c9c%10c%10c%11c2c2c4c4c%12c5c6c5c8c9c%10c2c45)C73)c1. The zero-order valence-electron chi connectivity index (χ0n) is 34.4. The monoisotopic (exact) mass is 812 g/mol. The Morgan fingerprint density at radius 1 is 0.239 bits per heavy atom. The van der Waals surface area contributed by atoms with Crippen LogP contribution in [-0.4, -0.2) is 0 Å². The van der Waals surface area contributed by atoms with Gasteiger partial charge in [-0.25, -0.2) is 0 Å². The number of hydrogen-bond acceptors (Lipinski definition) is 0. The summed E-state index contributed by atoms with van der Waals surface area (Å²) in [6.07, 6.45) is 0. The van der Waals surface area contributed by atoms with E-state index in [1.165, 1.54) is 5.56 Å². The van der Waals surface area contributed by atoms with Gasteiger partial charge in [-0.1, -0.05) is 29.8 Å². The van der Waals surface area contributed by atoms with Crippen LogP contribution in [0.2, 0.25) is 0 Å². The lowest BCUT2D eigenvalue weighted by molar-refractivity contribution is 0.567. The minimum Gasteiger partial charge on any atom is -0.0617 e. The molecule has 33 rings (SSSR count). The van der Waals surface area contributed by atoms with Crippen LogP contribution in [0.3, 0.4) is 0 Å². The fourth-order valence-electron chi connectivity index (χ4n) is 24.5. The molecule has 0 nitrogen and oxygen atoms in total. The molecule has 0 amide bonds. The summed E-state index contributed by atoms with van der Waals surface area (Å²) in [6, 6.07) is 10.1. The van der Waals surface area contributed by atoms with E-state index in [0.717, 1.165) is 0 Å². The van der Waals surface area contributed by atoms with E-state index in [4.69, 9.17) is 0 Å². The van der Waals surface area contributed by atoms with Crippen molar-refractivity contribution in [1.82, 2.24) is 0 Å². The molecule has 0 saturated carbocycles. The second kappa shape index (κ2) is 5.43. The van der Waals surface area contributed by atoms with Crippen molar-refractivity contribution in [3.05, 3.63) is 57.6 Å². The molecular formula is C67H8. The van der Waals surface area contributed by atoms with Crippen molar-refractivity contribution < 1.29 is 0 Å². The van der Waals surface area contributed by atoms with Crippen molar-refractivity contribution in [1.29, 1.82) is 0 Å². The van der Waals surface area contributed by atoms with E-state index in [1.54, 1.807) is 319 Å². The first-order valence-electron chi connectivity index (χ1n) is 25.2. The molecule has 0 spiro atoms. The molecule has 4 aliphatic rings. The predicted octanol–water partition coefficient (Wildman–Crippen LogP) is 18.5. The van der Waals surface area contributed by atoms with Gasteiger partial charge in [-0.05, 0) is 326 Å². The maximum absolute atomic E-state index is 2.69. The fraction of sp³-hybridized carbons (Fsp3) is 0.0448. The maximum Gasteiger partial charge on any atom is 0.0586 e. The molecule has 29 aromatic carbocycles. The zero-order chi connectivity index (χ0) is 39.5. The lowest BCUT2D eigenvalue weighted by Crippen LogP contribution is -2.38. The van der Waals surface area contributed by atoms with E-state index >= 15 is 0 Å². The zero-order valence-corrected chi connectivity index (χ0v) is 34.4. The van der Waals surface area contributed by atoms with E-state index in [-0.39, 0.29) is 11.3 Å². The van der Waals surface area contributed by atoms with E-state index in [2.05, 4.69) is 31.2 Å². The van der Waals surface area contributed by atoms with E-state index in [9.17, 15) is 0 Å². The summed E-state index contributed by atoms with van der Waals surface area (Å²) in [4.78, 5) is 0. The predicted molar refractivity (Wildman–Crippen MR) is 285 cm³/mol. The van der Waals surface area contributed by atoms with Crippen LogP contribution in [0.15, 0.2) is 24.3 Å². The van der Waals surface area contributed by atoms with Gasteiger partial charge in [0.1, 0.15) is 0 Å². The molecular weight excluding hydrogens is 805 g/mol. The molecule has 0 atom stereocenters. The summed E-state index contributed by atoms with van der Waals surface area (Å²) in [7, 11) is 0. The van der Waals surface area contributed by atoms with Gasteiger partial charge in [0.2, 0.25) is 0 Å². The van der Waals surface area contributed by atoms with Crippen molar-refractivity contribution >= 4 is 291 Å². The highest BCUT2D eigenvalue weighted by Crippen LogP contribution is 2.84. The molecule has 29 aromatic rings. The van der Waals surface area contributed by atoms with Crippen LogP contribution in [0.4, 0.5) is 0 Å².